The van der Waals surface area contributed by atoms with Crippen LogP contribution in [-0.4, -0.2) is 10.1 Å². The van der Waals surface area contributed by atoms with Crippen molar-refractivity contribution in [2.75, 3.05) is 0 Å². The summed E-state index contributed by atoms with van der Waals surface area (Å²) in [6.45, 7) is 2.14. The lowest BCUT2D eigenvalue weighted by Crippen LogP contribution is -1.91. The maximum atomic E-state index is 5.32. The molecule has 3 aromatic rings. The smallest absolute Gasteiger partial charge is 0.236 e. The summed E-state index contributed by atoms with van der Waals surface area (Å²) >= 11 is 1.80. The molecule has 0 aliphatic heterocycles. The summed E-state index contributed by atoms with van der Waals surface area (Å²) in [4.78, 5) is 4.46. The fraction of sp³-hybridized carbons (Fsp3) is 0.222. The molecule has 4 heteroatoms. The third-order valence-electron chi connectivity index (χ3n) is 3.46. The van der Waals surface area contributed by atoms with Crippen LogP contribution in [0.2, 0.25) is 0 Å². The lowest BCUT2D eigenvalue weighted by Gasteiger charge is -2.03. The Balaban J connectivity index is 1.53. The molecule has 0 saturated heterocycles. The van der Waals surface area contributed by atoms with Crippen molar-refractivity contribution in [1.29, 1.82) is 0 Å². The molecule has 0 unspecified atom stereocenters. The van der Waals surface area contributed by atoms with E-state index >= 15 is 0 Å². The fourth-order valence-electron chi connectivity index (χ4n) is 2.22. The summed E-state index contributed by atoms with van der Waals surface area (Å²) < 4.78 is 5.32. The lowest BCUT2D eigenvalue weighted by atomic mass is 10.1. The first-order chi connectivity index (χ1) is 10.8. The monoisotopic (exact) mass is 310 g/mol. The molecule has 0 aliphatic carbocycles. The van der Waals surface area contributed by atoms with E-state index in [0.717, 1.165) is 17.3 Å². The number of nitrogens with zero attached hydrogens (tertiary/aromatic N) is 2. The molecule has 2 aromatic carbocycles. The molecule has 0 saturated carbocycles. The summed E-state index contributed by atoms with van der Waals surface area (Å²) in [7, 11) is 0. The zero-order chi connectivity index (χ0) is 15.2. The Morgan fingerprint density at radius 3 is 2.55 bits per heavy atom. The third-order valence-corrected chi connectivity index (χ3v) is 4.43. The normalized spacial score (nSPS) is 10.8. The molecular weight excluding hydrogens is 292 g/mol. The van der Waals surface area contributed by atoms with Gasteiger partial charge in [-0.3, -0.25) is 0 Å². The molecule has 0 N–H and O–H groups in total. The highest BCUT2D eigenvalue weighted by Crippen LogP contribution is 2.19. The summed E-state index contributed by atoms with van der Waals surface area (Å²) in [6.07, 6.45) is 0.715. The van der Waals surface area contributed by atoms with Gasteiger partial charge in [-0.1, -0.05) is 59.8 Å². The minimum atomic E-state index is 0.699. The predicted octanol–water partition coefficient (Wildman–Crippen LogP) is 4.40. The van der Waals surface area contributed by atoms with E-state index in [1.165, 1.54) is 16.7 Å². The Labute approximate surface area is 134 Å². The Kier molecular flexibility index (Phi) is 4.91. The van der Waals surface area contributed by atoms with Crippen LogP contribution in [0.25, 0.3) is 0 Å². The standard InChI is InChI=1S/C18H18N2OS/c1-14-7-5-6-10-16(14)12-22-13-18-19-17(20-21-18)11-15-8-3-2-4-9-15/h2-10H,11-13H2,1H3. The summed E-state index contributed by atoms with van der Waals surface area (Å²) in [5.41, 5.74) is 3.88. The van der Waals surface area contributed by atoms with E-state index in [4.69, 9.17) is 4.52 Å². The van der Waals surface area contributed by atoms with E-state index in [1.807, 2.05) is 18.2 Å². The molecular formula is C18H18N2OS. The predicted molar refractivity (Wildman–Crippen MR) is 89.7 cm³/mol. The molecule has 3 rings (SSSR count). The van der Waals surface area contributed by atoms with Gasteiger partial charge in [-0.15, -0.1) is 11.8 Å². The van der Waals surface area contributed by atoms with Crippen molar-refractivity contribution in [1.82, 2.24) is 10.1 Å². The van der Waals surface area contributed by atoms with Gasteiger partial charge in [0.2, 0.25) is 5.89 Å². The third kappa shape index (κ3) is 3.98. The SMILES string of the molecule is Cc1ccccc1CSCc1nc(Cc2ccccc2)no1. The first-order valence-corrected chi connectivity index (χ1v) is 8.44. The van der Waals surface area contributed by atoms with Crippen LogP contribution in [0.5, 0.6) is 0 Å². The first kappa shape index (κ1) is 14.9. The zero-order valence-corrected chi connectivity index (χ0v) is 13.3. The molecule has 3 nitrogen and oxygen atoms in total. The van der Waals surface area contributed by atoms with Crippen molar-refractivity contribution in [2.45, 2.75) is 24.9 Å². The number of thioether (sulfide) groups is 1. The van der Waals surface area contributed by atoms with E-state index in [0.29, 0.717) is 12.3 Å². The van der Waals surface area contributed by atoms with E-state index in [9.17, 15) is 0 Å². The Morgan fingerprint density at radius 1 is 0.955 bits per heavy atom. The minimum Gasteiger partial charge on any atom is -0.338 e. The second kappa shape index (κ2) is 7.27. The second-order valence-electron chi connectivity index (χ2n) is 5.19. The quantitative estimate of drug-likeness (QED) is 0.676. The lowest BCUT2D eigenvalue weighted by molar-refractivity contribution is 0.386. The molecule has 0 bridgehead atoms. The van der Waals surface area contributed by atoms with Gasteiger partial charge in [0.1, 0.15) is 0 Å². The van der Waals surface area contributed by atoms with Gasteiger partial charge in [0.05, 0.1) is 5.75 Å². The number of hydrogen-bond acceptors (Lipinski definition) is 4. The van der Waals surface area contributed by atoms with Gasteiger partial charge >= 0.3 is 0 Å². The van der Waals surface area contributed by atoms with Gasteiger partial charge in [0.25, 0.3) is 0 Å². The number of rotatable bonds is 6. The largest absolute Gasteiger partial charge is 0.338 e. The van der Waals surface area contributed by atoms with E-state index in [2.05, 4.69) is 53.5 Å². The fourth-order valence-corrected chi connectivity index (χ4v) is 3.16. The van der Waals surface area contributed by atoms with E-state index in [1.54, 1.807) is 11.8 Å². The summed E-state index contributed by atoms with van der Waals surface area (Å²) in [5.74, 6) is 3.15. The molecule has 0 amide bonds. The van der Waals surface area contributed by atoms with Crippen molar-refractivity contribution >= 4 is 11.8 Å². The molecule has 0 radical (unpaired) electrons. The van der Waals surface area contributed by atoms with Crippen LogP contribution >= 0.6 is 11.8 Å². The Hall–Kier alpha value is -2.07. The average Bonchev–Trinajstić information content (AvgIpc) is 2.98. The average molecular weight is 310 g/mol. The zero-order valence-electron chi connectivity index (χ0n) is 12.5. The van der Waals surface area contributed by atoms with Gasteiger partial charge in [-0.25, -0.2) is 0 Å². The number of aromatic nitrogens is 2. The summed E-state index contributed by atoms with van der Waals surface area (Å²) in [5, 5.41) is 4.06. The van der Waals surface area contributed by atoms with Crippen molar-refractivity contribution in [3.05, 3.63) is 83.0 Å². The Morgan fingerprint density at radius 2 is 1.73 bits per heavy atom. The van der Waals surface area contributed by atoms with Crippen molar-refractivity contribution < 1.29 is 4.52 Å². The van der Waals surface area contributed by atoms with Crippen molar-refractivity contribution in [2.24, 2.45) is 0 Å². The second-order valence-corrected chi connectivity index (χ2v) is 6.17. The minimum absolute atomic E-state index is 0.699. The van der Waals surface area contributed by atoms with Crippen LogP contribution < -0.4 is 0 Å². The van der Waals surface area contributed by atoms with Crippen LogP contribution in [0.15, 0.2) is 59.1 Å². The highest BCUT2D eigenvalue weighted by atomic mass is 32.2. The van der Waals surface area contributed by atoms with Crippen LogP contribution in [0.4, 0.5) is 0 Å². The van der Waals surface area contributed by atoms with Crippen LogP contribution in [0.1, 0.15) is 28.4 Å². The molecule has 0 aliphatic rings. The maximum absolute atomic E-state index is 5.32. The van der Waals surface area contributed by atoms with Gasteiger partial charge in [-0.2, -0.15) is 4.98 Å². The molecule has 112 valence electrons. The van der Waals surface area contributed by atoms with Gasteiger partial charge in [0.15, 0.2) is 5.82 Å². The maximum Gasteiger partial charge on any atom is 0.236 e. The van der Waals surface area contributed by atoms with E-state index in [-0.39, 0.29) is 0 Å². The first-order valence-electron chi connectivity index (χ1n) is 7.29. The van der Waals surface area contributed by atoms with Crippen LogP contribution in [0, 0.1) is 6.92 Å². The van der Waals surface area contributed by atoms with Gasteiger partial charge < -0.3 is 4.52 Å². The molecule has 0 atom stereocenters. The molecule has 1 heterocycles. The van der Waals surface area contributed by atoms with Crippen molar-refractivity contribution in [3.8, 4) is 0 Å². The van der Waals surface area contributed by atoms with Gasteiger partial charge in [0, 0.05) is 12.2 Å². The molecule has 0 fully saturated rings. The summed E-state index contributed by atoms with van der Waals surface area (Å²) in [6, 6.07) is 18.6. The molecule has 1 aromatic heterocycles. The number of benzene rings is 2. The molecule has 22 heavy (non-hydrogen) atoms. The van der Waals surface area contributed by atoms with Gasteiger partial charge in [-0.05, 0) is 23.6 Å². The Bertz CT molecular complexity index is 725. The number of hydrogen-bond donors (Lipinski definition) is 0. The van der Waals surface area contributed by atoms with E-state index < -0.39 is 0 Å². The highest BCUT2D eigenvalue weighted by molar-refractivity contribution is 7.97. The molecule has 0 spiro atoms. The topological polar surface area (TPSA) is 38.9 Å². The van der Waals surface area contributed by atoms with Crippen molar-refractivity contribution in [3.63, 3.8) is 0 Å². The van der Waals surface area contributed by atoms with Crippen LogP contribution in [0.3, 0.4) is 0 Å². The highest BCUT2D eigenvalue weighted by Gasteiger charge is 2.07. The number of aryl methyl sites for hydroxylation is 1. The van der Waals surface area contributed by atoms with Crippen LogP contribution in [-0.2, 0) is 17.9 Å².